The summed E-state index contributed by atoms with van der Waals surface area (Å²) in [6.45, 7) is 0. The highest BCUT2D eigenvalue weighted by Gasteiger charge is 2.27. The Morgan fingerprint density at radius 1 is 0.418 bits per heavy atom. The fraction of sp³-hybridized carbons (Fsp3) is 0. The quantitative estimate of drug-likeness (QED) is 0.183. The molecule has 12 aromatic rings. The van der Waals surface area contributed by atoms with E-state index in [0.717, 1.165) is 93.7 Å². The predicted molar refractivity (Wildman–Crippen MR) is 226 cm³/mol. The molecule has 0 radical (unpaired) electrons. The van der Waals surface area contributed by atoms with Crippen molar-refractivity contribution in [3.05, 3.63) is 182 Å². The maximum Gasteiger partial charge on any atom is 0.166 e. The average molecular weight is 703 g/mol. The van der Waals surface area contributed by atoms with E-state index in [9.17, 15) is 0 Å². The molecule has 8 aromatic carbocycles. The van der Waals surface area contributed by atoms with Crippen molar-refractivity contribution in [2.24, 2.45) is 0 Å². The van der Waals surface area contributed by atoms with Crippen LogP contribution in [-0.2, 0) is 0 Å². The van der Waals surface area contributed by atoms with E-state index in [2.05, 4.69) is 173 Å². The van der Waals surface area contributed by atoms with Crippen LogP contribution in [0.1, 0.15) is 0 Å². The third-order valence-electron chi connectivity index (χ3n) is 11.1. The second-order valence-corrected chi connectivity index (χ2v) is 14.1. The first-order valence-electron chi connectivity index (χ1n) is 18.6. The number of hydrogen-bond donors (Lipinski definition) is 0. The third kappa shape index (κ3) is 4.29. The van der Waals surface area contributed by atoms with Crippen LogP contribution < -0.4 is 0 Å². The summed E-state index contributed by atoms with van der Waals surface area (Å²) in [4.78, 5) is 11.1. The highest BCUT2D eigenvalue weighted by molar-refractivity contribution is 6.25. The van der Waals surface area contributed by atoms with Crippen LogP contribution in [0.5, 0.6) is 0 Å². The molecule has 0 N–H and O–H groups in total. The summed E-state index contributed by atoms with van der Waals surface area (Å²) < 4.78 is 11.4. The Kier molecular flexibility index (Phi) is 6.27. The molecule has 55 heavy (non-hydrogen) atoms. The molecule has 0 fully saturated rings. The van der Waals surface area contributed by atoms with Gasteiger partial charge in [-0.1, -0.05) is 140 Å². The average Bonchev–Trinajstić information content (AvgIpc) is 3.92. The summed E-state index contributed by atoms with van der Waals surface area (Å²) >= 11 is 0. The molecule has 5 heteroatoms. The van der Waals surface area contributed by atoms with Gasteiger partial charge in [0.25, 0.3) is 0 Å². The summed E-state index contributed by atoms with van der Waals surface area (Å²) in [7, 11) is 0. The van der Waals surface area contributed by atoms with Gasteiger partial charge in [-0.25, -0.2) is 9.97 Å². The molecule has 0 aliphatic carbocycles. The molecule has 0 aliphatic rings. The number of nitrogens with zero attached hydrogens (tertiary/aromatic N) is 4. The first kappa shape index (κ1) is 30.0. The lowest BCUT2D eigenvalue weighted by molar-refractivity contribution is 0.673. The molecule has 0 saturated carbocycles. The van der Waals surface area contributed by atoms with Gasteiger partial charge in [-0.05, 0) is 59.0 Å². The lowest BCUT2D eigenvalue weighted by Gasteiger charge is -2.15. The Hall–Kier alpha value is -7.50. The van der Waals surface area contributed by atoms with E-state index in [0.29, 0.717) is 5.82 Å². The Labute approximate surface area is 315 Å². The van der Waals surface area contributed by atoms with Crippen LogP contribution in [0.4, 0.5) is 0 Å². The highest BCUT2D eigenvalue weighted by atomic mass is 16.3. The molecule has 256 valence electrons. The SMILES string of the molecule is c1ccc(-c2nc(-n3c4ccccc4c4c5oc6ccccc6c5ccc43)c3c(n2)c2cc(-c4ccccc4)c4ccccc4c2n3-c2ccccc2)cc1. The minimum absolute atomic E-state index is 0.667. The van der Waals surface area contributed by atoms with Crippen LogP contribution in [0.15, 0.2) is 186 Å². The number of benzene rings is 8. The normalized spacial score (nSPS) is 12.0. The van der Waals surface area contributed by atoms with Crippen LogP contribution in [0.3, 0.4) is 0 Å². The highest BCUT2D eigenvalue weighted by Crippen LogP contribution is 2.45. The molecule has 0 unspecified atom stereocenters. The van der Waals surface area contributed by atoms with Crippen molar-refractivity contribution in [2.45, 2.75) is 0 Å². The van der Waals surface area contributed by atoms with Gasteiger partial charge in [0, 0.05) is 38.2 Å². The molecule has 0 bridgehead atoms. The fourth-order valence-corrected chi connectivity index (χ4v) is 8.76. The number of hydrogen-bond acceptors (Lipinski definition) is 3. The van der Waals surface area contributed by atoms with Gasteiger partial charge in [-0.3, -0.25) is 4.57 Å². The lowest BCUT2D eigenvalue weighted by atomic mass is 9.96. The van der Waals surface area contributed by atoms with Gasteiger partial charge in [0.05, 0.1) is 21.9 Å². The number of aromatic nitrogens is 4. The van der Waals surface area contributed by atoms with Gasteiger partial charge >= 0.3 is 0 Å². The van der Waals surface area contributed by atoms with Gasteiger partial charge in [-0.2, -0.15) is 0 Å². The molecule has 4 aromatic heterocycles. The van der Waals surface area contributed by atoms with E-state index in [4.69, 9.17) is 14.4 Å². The smallest absolute Gasteiger partial charge is 0.166 e. The van der Waals surface area contributed by atoms with Gasteiger partial charge in [0.15, 0.2) is 11.6 Å². The van der Waals surface area contributed by atoms with Gasteiger partial charge in [0.1, 0.15) is 22.2 Å². The molecule has 0 saturated heterocycles. The van der Waals surface area contributed by atoms with Gasteiger partial charge < -0.3 is 8.98 Å². The van der Waals surface area contributed by atoms with E-state index in [1.165, 1.54) is 10.9 Å². The fourth-order valence-electron chi connectivity index (χ4n) is 8.76. The van der Waals surface area contributed by atoms with Crippen molar-refractivity contribution in [2.75, 3.05) is 0 Å². The molecule has 0 atom stereocenters. The molecule has 0 amide bonds. The summed E-state index contributed by atoms with van der Waals surface area (Å²) in [6, 6.07) is 64.0. The predicted octanol–water partition coefficient (Wildman–Crippen LogP) is 13.1. The Morgan fingerprint density at radius 2 is 1.05 bits per heavy atom. The van der Waals surface area contributed by atoms with E-state index >= 15 is 0 Å². The zero-order valence-electron chi connectivity index (χ0n) is 29.5. The second-order valence-electron chi connectivity index (χ2n) is 14.1. The van der Waals surface area contributed by atoms with Gasteiger partial charge in [0.2, 0.25) is 0 Å². The maximum absolute atomic E-state index is 6.70. The molecule has 0 spiro atoms. The van der Waals surface area contributed by atoms with Crippen molar-refractivity contribution < 1.29 is 4.42 Å². The van der Waals surface area contributed by atoms with E-state index in [-0.39, 0.29) is 0 Å². The van der Waals surface area contributed by atoms with Crippen molar-refractivity contribution in [3.63, 3.8) is 0 Å². The summed E-state index contributed by atoms with van der Waals surface area (Å²) in [6.07, 6.45) is 0. The van der Waals surface area contributed by atoms with Gasteiger partial charge in [-0.15, -0.1) is 0 Å². The van der Waals surface area contributed by atoms with Crippen LogP contribution in [0.25, 0.3) is 110 Å². The van der Waals surface area contributed by atoms with Crippen LogP contribution >= 0.6 is 0 Å². The second kappa shape index (κ2) is 11.5. The van der Waals surface area contributed by atoms with Crippen LogP contribution in [0.2, 0.25) is 0 Å². The van der Waals surface area contributed by atoms with Crippen molar-refractivity contribution in [1.82, 2.24) is 19.1 Å². The molecule has 4 heterocycles. The van der Waals surface area contributed by atoms with E-state index in [1.54, 1.807) is 0 Å². The maximum atomic E-state index is 6.70. The molecular weight excluding hydrogens is 673 g/mol. The Bertz CT molecular complexity index is 3470. The number of fused-ring (bicyclic) bond motifs is 12. The monoisotopic (exact) mass is 702 g/mol. The molecule has 5 nitrogen and oxygen atoms in total. The topological polar surface area (TPSA) is 48.8 Å². The first-order chi connectivity index (χ1) is 27.3. The largest absolute Gasteiger partial charge is 0.455 e. The Balaban J connectivity index is 1.33. The van der Waals surface area contributed by atoms with Crippen molar-refractivity contribution in [1.29, 1.82) is 0 Å². The third-order valence-corrected chi connectivity index (χ3v) is 11.1. The summed E-state index contributed by atoms with van der Waals surface area (Å²) in [5.74, 6) is 1.47. The first-order valence-corrected chi connectivity index (χ1v) is 18.6. The lowest BCUT2D eigenvalue weighted by Crippen LogP contribution is -2.05. The van der Waals surface area contributed by atoms with Crippen LogP contribution in [-0.4, -0.2) is 19.1 Å². The summed E-state index contributed by atoms with van der Waals surface area (Å²) in [5, 5.41) is 7.78. The number of furan rings is 1. The summed E-state index contributed by atoms with van der Waals surface area (Å²) in [5.41, 5.74) is 11.1. The zero-order chi connectivity index (χ0) is 36.0. The molecular formula is C50H30N4O. The minimum Gasteiger partial charge on any atom is -0.455 e. The zero-order valence-corrected chi connectivity index (χ0v) is 29.5. The number of rotatable bonds is 4. The standard InChI is InChI=1S/C50H30N4O/c1-4-16-31(17-5-1)39-30-40-45-47(53(33-20-8-3-9-21-33)46(40)36-24-11-10-22-34(36)39)50(52-49(51-45)32-18-6-2-7-19-32)54-41-26-14-12-25-38(41)44-42(54)29-28-37-35-23-13-15-27-43(35)55-48(37)44/h1-30H. The van der Waals surface area contributed by atoms with E-state index in [1.807, 2.05) is 18.2 Å². The minimum atomic E-state index is 0.667. The van der Waals surface area contributed by atoms with Crippen LogP contribution in [0, 0.1) is 0 Å². The van der Waals surface area contributed by atoms with Crippen molar-refractivity contribution in [3.8, 4) is 34.0 Å². The number of para-hydroxylation sites is 3. The Morgan fingerprint density at radius 3 is 1.84 bits per heavy atom. The van der Waals surface area contributed by atoms with Crippen molar-refractivity contribution >= 4 is 76.5 Å². The molecule has 12 rings (SSSR count). The van der Waals surface area contributed by atoms with E-state index < -0.39 is 0 Å². The molecule has 0 aliphatic heterocycles.